The Kier molecular flexibility index (Phi) is 7.99. The van der Waals surface area contributed by atoms with E-state index in [2.05, 4.69) is 0 Å². The average molecular weight is 389 g/mol. The third-order valence-corrected chi connectivity index (χ3v) is 3.86. The lowest BCUT2D eigenvalue weighted by atomic mass is 10.0. The maximum atomic E-state index is 14.3. The van der Waals surface area contributed by atoms with Crippen LogP contribution in [0.25, 0.3) is 6.08 Å². The number of carbonyl (C=O) groups is 2. The fourth-order valence-corrected chi connectivity index (χ4v) is 2.71. The summed E-state index contributed by atoms with van der Waals surface area (Å²) >= 11 is 0. The predicted molar refractivity (Wildman–Crippen MR) is 95.2 cm³/mol. The molecule has 0 radical (unpaired) electrons. The molecule has 0 N–H and O–H groups in total. The van der Waals surface area contributed by atoms with Crippen molar-refractivity contribution in [3.8, 4) is 5.75 Å². The van der Waals surface area contributed by atoms with E-state index in [0.29, 0.717) is 11.3 Å². The number of anilines is 1. The summed E-state index contributed by atoms with van der Waals surface area (Å²) in [7, 11) is 1.27. The number of rotatable bonds is 4. The molecular weight excluding hydrogens is 366 g/mol. The lowest BCUT2D eigenvalue weighted by Crippen LogP contribution is -2.42. The first-order chi connectivity index (χ1) is 12.7. The summed E-state index contributed by atoms with van der Waals surface area (Å²) in [6.45, 7) is 5.35. The van der Waals surface area contributed by atoms with Crippen LogP contribution < -0.4 is 9.64 Å². The smallest absolute Gasteiger partial charge is 0.471 e. The van der Waals surface area contributed by atoms with E-state index in [1.807, 2.05) is 13.8 Å². The highest BCUT2D eigenvalue weighted by molar-refractivity contribution is 6.05. The van der Waals surface area contributed by atoms with Crippen molar-refractivity contribution in [3.63, 3.8) is 0 Å². The number of fused-ring (bicyclic) bond motifs is 1. The van der Waals surface area contributed by atoms with Crippen LogP contribution in [0.2, 0.25) is 0 Å². The van der Waals surface area contributed by atoms with Gasteiger partial charge in [-0.3, -0.25) is 9.59 Å². The number of hydrogen-bond donors (Lipinski definition) is 0. The molecule has 4 nitrogen and oxygen atoms in total. The minimum absolute atomic E-state index is 0.0444. The number of alkyl halides is 3. The third-order valence-electron chi connectivity index (χ3n) is 3.86. The number of nitrogens with zero attached hydrogens (tertiary/aromatic N) is 1. The van der Waals surface area contributed by atoms with Crippen LogP contribution in [0, 0.1) is 5.82 Å². The van der Waals surface area contributed by atoms with Gasteiger partial charge in [0.05, 0.1) is 12.8 Å². The first kappa shape index (κ1) is 22.7. The molecule has 1 aliphatic heterocycles. The van der Waals surface area contributed by atoms with Crippen molar-refractivity contribution in [2.24, 2.45) is 0 Å². The summed E-state index contributed by atoms with van der Waals surface area (Å²) in [5.74, 6) is -3.34. The number of benzene rings is 1. The minimum atomic E-state index is -5.16. The van der Waals surface area contributed by atoms with Gasteiger partial charge >= 0.3 is 12.1 Å². The molecule has 8 heteroatoms. The predicted octanol–water partition coefficient (Wildman–Crippen LogP) is 4.91. The number of ketones is 1. The molecule has 0 saturated heterocycles. The van der Waals surface area contributed by atoms with Crippen molar-refractivity contribution in [1.82, 2.24) is 0 Å². The molecule has 2 rings (SSSR count). The van der Waals surface area contributed by atoms with Crippen LogP contribution in [0.3, 0.4) is 0 Å². The van der Waals surface area contributed by atoms with Gasteiger partial charge in [0.15, 0.2) is 5.78 Å². The molecule has 0 atom stereocenters. The fraction of sp³-hybridized carbons (Fsp3) is 0.474. The monoisotopic (exact) mass is 389 g/mol. The zero-order chi connectivity index (χ0) is 20.8. The van der Waals surface area contributed by atoms with Crippen LogP contribution in [0.1, 0.15) is 45.6 Å². The van der Waals surface area contributed by atoms with E-state index < -0.39 is 30.1 Å². The SMILES string of the molecule is CC.CCCC(=O)C1=Cc2c(OC)ccc(F)c2N(C(=O)C(F)(F)F)CC1. The Morgan fingerprint density at radius 2 is 1.85 bits per heavy atom. The Balaban J connectivity index is 0.00000176. The normalized spacial score (nSPS) is 13.6. The summed E-state index contributed by atoms with van der Waals surface area (Å²) in [6, 6.07) is 2.18. The van der Waals surface area contributed by atoms with Gasteiger partial charge in [-0.05, 0) is 36.6 Å². The molecule has 150 valence electrons. The van der Waals surface area contributed by atoms with Gasteiger partial charge in [-0.15, -0.1) is 0 Å². The summed E-state index contributed by atoms with van der Waals surface area (Å²) in [6.07, 6.45) is -3.16. The minimum Gasteiger partial charge on any atom is -0.496 e. The number of amides is 1. The maximum Gasteiger partial charge on any atom is 0.471 e. The molecule has 0 unspecified atom stereocenters. The van der Waals surface area contributed by atoms with Crippen molar-refractivity contribution >= 4 is 23.5 Å². The second kappa shape index (κ2) is 9.53. The second-order valence-corrected chi connectivity index (χ2v) is 5.56. The quantitative estimate of drug-likeness (QED) is 0.688. The summed E-state index contributed by atoms with van der Waals surface area (Å²) in [4.78, 5) is 24.3. The Labute approximate surface area is 155 Å². The van der Waals surface area contributed by atoms with Crippen molar-refractivity contribution in [2.75, 3.05) is 18.6 Å². The van der Waals surface area contributed by atoms with E-state index in [1.165, 1.54) is 19.3 Å². The van der Waals surface area contributed by atoms with E-state index in [-0.39, 0.29) is 35.5 Å². The van der Waals surface area contributed by atoms with Crippen LogP contribution in [-0.2, 0) is 9.59 Å². The molecule has 0 spiro atoms. The highest BCUT2D eigenvalue weighted by Crippen LogP contribution is 2.39. The number of methoxy groups -OCH3 is 1. The topological polar surface area (TPSA) is 46.6 Å². The molecule has 0 fully saturated rings. The molecule has 27 heavy (non-hydrogen) atoms. The molecule has 0 bridgehead atoms. The summed E-state index contributed by atoms with van der Waals surface area (Å²) in [5.41, 5.74) is -0.331. The summed E-state index contributed by atoms with van der Waals surface area (Å²) < 4.78 is 58.2. The van der Waals surface area contributed by atoms with E-state index in [4.69, 9.17) is 4.74 Å². The average Bonchev–Trinajstić information content (AvgIpc) is 2.83. The molecule has 1 aliphatic rings. The molecule has 1 aromatic carbocycles. The van der Waals surface area contributed by atoms with Gasteiger partial charge in [0.2, 0.25) is 0 Å². The van der Waals surface area contributed by atoms with Crippen molar-refractivity contribution in [3.05, 3.63) is 29.1 Å². The molecule has 1 amide bonds. The number of ether oxygens (including phenoxy) is 1. The molecule has 0 aromatic heterocycles. The zero-order valence-electron chi connectivity index (χ0n) is 15.7. The van der Waals surface area contributed by atoms with E-state index >= 15 is 0 Å². The van der Waals surface area contributed by atoms with Crippen molar-refractivity contribution in [2.45, 2.75) is 46.2 Å². The van der Waals surface area contributed by atoms with Gasteiger partial charge in [-0.2, -0.15) is 13.2 Å². The van der Waals surface area contributed by atoms with Gasteiger partial charge in [0.25, 0.3) is 0 Å². The van der Waals surface area contributed by atoms with Crippen LogP contribution in [0.4, 0.5) is 23.2 Å². The first-order valence-electron chi connectivity index (χ1n) is 8.69. The number of hydrogen-bond acceptors (Lipinski definition) is 3. The van der Waals surface area contributed by atoms with Gasteiger partial charge < -0.3 is 9.64 Å². The van der Waals surface area contributed by atoms with E-state index in [0.717, 1.165) is 6.07 Å². The number of halogens is 4. The van der Waals surface area contributed by atoms with Gasteiger partial charge in [0.1, 0.15) is 11.6 Å². The molecular formula is C19H23F4NO3. The van der Waals surface area contributed by atoms with Gasteiger partial charge in [0, 0.05) is 18.5 Å². The maximum absolute atomic E-state index is 14.3. The summed E-state index contributed by atoms with van der Waals surface area (Å²) in [5, 5.41) is 0. The van der Waals surface area contributed by atoms with Crippen LogP contribution in [0.5, 0.6) is 5.75 Å². The molecule has 1 heterocycles. The van der Waals surface area contributed by atoms with Gasteiger partial charge in [-0.1, -0.05) is 20.8 Å². The second-order valence-electron chi connectivity index (χ2n) is 5.56. The zero-order valence-corrected chi connectivity index (χ0v) is 15.7. The number of carbonyl (C=O) groups excluding carboxylic acids is 2. The lowest BCUT2D eigenvalue weighted by molar-refractivity contribution is -0.170. The molecule has 1 aromatic rings. The van der Waals surface area contributed by atoms with E-state index in [9.17, 15) is 27.2 Å². The largest absolute Gasteiger partial charge is 0.496 e. The standard InChI is InChI=1S/C17H17F4NO3.C2H6/c1-3-4-13(23)10-7-8-22(16(24)17(19,20)21)15-11(9-10)14(25-2)6-5-12(15)18;1-2/h5-6,9H,3-4,7-8H2,1-2H3;1-2H3. The highest BCUT2D eigenvalue weighted by atomic mass is 19.4. The lowest BCUT2D eigenvalue weighted by Gasteiger charge is -2.25. The Bertz CT molecular complexity index is 726. The van der Waals surface area contributed by atoms with Crippen molar-refractivity contribution in [1.29, 1.82) is 0 Å². The third kappa shape index (κ3) is 5.08. The van der Waals surface area contributed by atoms with Crippen LogP contribution in [0.15, 0.2) is 17.7 Å². The molecule has 0 saturated carbocycles. The van der Waals surface area contributed by atoms with Gasteiger partial charge in [-0.25, -0.2) is 4.39 Å². The highest BCUT2D eigenvalue weighted by Gasteiger charge is 2.45. The van der Waals surface area contributed by atoms with Crippen LogP contribution >= 0.6 is 0 Å². The Hall–Kier alpha value is -2.38. The first-order valence-corrected chi connectivity index (χ1v) is 8.69. The Morgan fingerprint density at radius 3 is 2.37 bits per heavy atom. The number of Topliss-reactive ketones (excluding diaryl/α,β-unsaturated/α-hetero) is 1. The fourth-order valence-electron chi connectivity index (χ4n) is 2.71. The van der Waals surface area contributed by atoms with Crippen LogP contribution in [-0.4, -0.2) is 31.5 Å². The van der Waals surface area contributed by atoms with E-state index in [1.54, 1.807) is 6.92 Å². The molecule has 0 aliphatic carbocycles. The Morgan fingerprint density at radius 1 is 1.22 bits per heavy atom. The van der Waals surface area contributed by atoms with Crippen molar-refractivity contribution < 1.29 is 31.9 Å².